The van der Waals surface area contributed by atoms with E-state index in [1.807, 2.05) is 30.3 Å². The second-order valence-electron chi connectivity index (χ2n) is 3.81. The first kappa shape index (κ1) is 13.0. The van der Waals surface area contributed by atoms with E-state index in [-0.39, 0.29) is 5.91 Å². The number of nitrogens with two attached hydrogens (primary N) is 1. The monoisotopic (exact) mass is 231 g/mol. The Balaban J connectivity index is 2.25. The van der Waals surface area contributed by atoms with Crippen LogP contribution in [0.15, 0.2) is 24.3 Å². The van der Waals surface area contributed by atoms with Gasteiger partial charge in [-0.05, 0) is 24.5 Å². The van der Waals surface area contributed by atoms with Gasteiger partial charge >= 0.3 is 0 Å². The molecule has 1 rings (SSSR count). The Hall–Kier alpha value is -2.02. The van der Waals surface area contributed by atoms with Crippen molar-refractivity contribution in [1.29, 1.82) is 5.26 Å². The van der Waals surface area contributed by atoms with Crippen LogP contribution in [0.2, 0.25) is 0 Å². The molecule has 4 heteroatoms. The molecule has 1 aromatic rings. The number of carbonyl (C=O) groups is 1. The van der Waals surface area contributed by atoms with E-state index in [2.05, 4.69) is 5.32 Å². The molecule has 0 heterocycles. The Morgan fingerprint density at radius 3 is 2.88 bits per heavy atom. The van der Waals surface area contributed by atoms with E-state index in [1.165, 1.54) is 0 Å². The lowest BCUT2D eigenvalue weighted by Crippen LogP contribution is -2.24. The van der Waals surface area contributed by atoms with E-state index in [0.29, 0.717) is 32.2 Å². The quantitative estimate of drug-likeness (QED) is 0.576. The fourth-order valence-electron chi connectivity index (χ4n) is 1.49. The third-order valence-corrected chi connectivity index (χ3v) is 2.46. The first-order valence-electron chi connectivity index (χ1n) is 5.71. The normalized spacial score (nSPS) is 9.59. The number of nitriles is 1. The van der Waals surface area contributed by atoms with Crippen LogP contribution in [-0.4, -0.2) is 12.5 Å². The Morgan fingerprint density at radius 2 is 2.18 bits per heavy atom. The molecule has 3 N–H and O–H groups in total. The van der Waals surface area contributed by atoms with Gasteiger partial charge in [0, 0.05) is 25.1 Å². The maximum absolute atomic E-state index is 11.5. The van der Waals surface area contributed by atoms with Gasteiger partial charge in [-0.2, -0.15) is 5.26 Å². The number of unbranched alkanes of at least 4 members (excludes halogenated alkanes) is 1. The van der Waals surface area contributed by atoms with Gasteiger partial charge in [-0.25, -0.2) is 0 Å². The van der Waals surface area contributed by atoms with E-state index in [1.54, 1.807) is 0 Å². The number of hydrogen-bond donors (Lipinski definition) is 2. The summed E-state index contributed by atoms with van der Waals surface area (Å²) in [5.74, 6) is 0.00573. The summed E-state index contributed by atoms with van der Waals surface area (Å²) in [6.45, 7) is 0.566. The molecule has 0 unspecified atom stereocenters. The summed E-state index contributed by atoms with van der Waals surface area (Å²) in [6, 6.07) is 9.59. The fraction of sp³-hybridized carbons (Fsp3) is 0.385. The van der Waals surface area contributed by atoms with E-state index < -0.39 is 0 Å². The fourth-order valence-corrected chi connectivity index (χ4v) is 1.49. The van der Waals surface area contributed by atoms with Crippen molar-refractivity contribution in [3.05, 3.63) is 29.8 Å². The van der Waals surface area contributed by atoms with Crippen molar-refractivity contribution in [2.75, 3.05) is 12.3 Å². The summed E-state index contributed by atoms with van der Waals surface area (Å²) in [6.07, 6.45) is 2.26. The first-order chi connectivity index (χ1) is 8.24. The number of nitrogen functional groups attached to an aromatic ring is 1. The topological polar surface area (TPSA) is 78.9 Å². The third kappa shape index (κ3) is 5.03. The first-order valence-corrected chi connectivity index (χ1v) is 5.71. The molecule has 1 aromatic carbocycles. The summed E-state index contributed by atoms with van der Waals surface area (Å²) in [7, 11) is 0. The molecule has 4 nitrogen and oxygen atoms in total. The van der Waals surface area contributed by atoms with Crippen molar-refractivity contribution in [2.45, 2.75) is 25.7 Å². The highest BCUT2D eigenvalue weighted by molar-refractivity contribution is 5.76. The predicted molar refractivity (Wildman–Crippen MR) is 67.0 cm³/mol. The van der Waals surface area contributed by atoms with E-state index in [4.69, 9.17) is 11.0 Å². The van der Waals surface area contributed by atoms with Crippen LogP contribution in [0.5, 0.6) is 0 Å². The third-order valence-electron chi connectivity index (χ3n) is 2.46. The number of hydrogen-bond acceptors (Lipinski definition) is 3. The molecular weight excluding hydrogens is 214 g/mol. The van der Waals surface area contributed by atoms with Crippen molar-refractivity contribution >= 4 is 11.6 Å². The van der Waals surface area contributed by atoms with Crippen LogP contribution in [0, 0.1) is 11.3 Å². The highest BCUT2D eigenvalue weighted by Crippen LogP contribution is 2.12. The van der Waals surface area contributed by atoms with E-state index in [9.17, 15) is 4.79 Å². The predicted octanol–water partition coefficient (Wildman–Crippen LogP) is 1.62. The Bertz CT molecular complexity index is 409. The summed E-state index contributed by atoms with van der Waals surface area (Å²) in [5.41, 5.74) is 7.51. The highest BCUT2D eigenvalue weighted by Gasteiger charge is 2.03. The van der Waals surface area contributed by atoms with Crippen LogP contribution in [0.4, 0.5) is 5.69 Å². The number of para-hydroxylation sites is 1. The number of carbonyl (C=O) groups excluding carboxylic acids is 1. The van der Waals surface area contributed by atoms with Gasteiger partial charge in [0.25, 0.3) is 0 Å². The molecule has 0 bridgehead atoms. The van der Waals surface area contributed by atoms with Gasteiger partial charge in [-0.15, -0.1) is 0 Å². The highest BCUT2D eigenvalue weighted by atomic mass is 16.1. The number of nitrogens with zero attached hydrogens (tertiary/aromatic N) is 1. The number of amides is 1. The van der Waals surface area contributed by atoms with Crippen LogP contribution in [0.3, 0.4) is 0 Å². The molecular formula is C13H17N3O. The standard InChI is InChI=1S/C13H17N3O/c14-9-3-4-10-16-13(17)8-7-11-5-1-2-6-12(11)15/h1-2,5-6H,3-4,7-8,10,15H2,(H,16,17). The molecule has 17 heavy (non-hydrogen) atoms. The van der Waals surface area contributed by atoms with Crippen molar-refractivity contribution in [1.82, 2.24) is 5.32 Å². The zero-order valence-electron chi connectivity index (χ0n) is 9.78. The molecule has 0 aliphatic rings. The SMILES string of the molecule is N#CCCCNC(=O)CCc1ccccc1N. The Kier molecular flexibility index (Phi) is 5.59. The maximum atomic E-state index is 11.5. The molecule has 0 saturated carbocycles. The summed E-state index contributed by atoms with van der Waals surface area (Å²) in [4.78, 5) is 11.5. The maximum Gasteiger partial charge on any atom is 0.220 e. The average molecular weight is 231 g/mol. The zero-order valence-corrected chi connectivity index (χ0v) is 9.78. The van der Waals surface area contributed by atoms with Gasteiger partial charge in [-0.1, -0.05) is 18.2 Å². The number of aryl methyl sites for hydroxylation is 1. The Labute approximate surface area is 101 Å². The van der Waals surface area contributed by atoms with Gasteiger partial charge in [0.05, 0.1) is 6.07 Å². The summed E-state index contributed by atoms with van der Waals surface area (Å²) < 4.78 is 0. The van der Waals surface area contributed by atoms with E-state index >= 15 is 0 Å². The molecule has 0 fully saturated rings. The van der Waals surface area contributed by atoms with Gasteiger partial charge in [0.15, 0.2) is 0 Å². The van der Waals surface area contributed by atoms with Gasteiger partial charge in [0.1, 0.15) is 0 Å². The number of rotatable bonds is 6. The van der Waals surface area contributed by atoms with Crippen LogP contribution >= 0.6 is 0 Å². The molecule has 0 atom stereocenters. The minimum Gasteiger partial charge on any atom is -0.399 e. The van der Waals surface area contributed by atoms with Gasteiger partial charge in [-0.3, -0.25) is 4.79 Å². The number of benzene rings is 1. The number of anilines is 1. The van der Waals surface area contributed by atoms with Crippen LogP contribution in [-0.2, 0) is 11.2 Å². The van der Waals surface area contributed by atoms with E-state index in [0.717, 1.165) is 11.3 Å². The lowest BCUT2D eigenvalue weighted by Gasteiger charge is -2.06. The largest absolute Gasteiger partial charge is 0.399 e. The molecule has 0 saturated heterocycles. The molecule has 0 radical (unpaired) electrons. The van der Waals surface area contributed by atoms with Crippen LogP contribution in [0.25, 0.3) is 0 Å². The lowest BCUT2D eigenvalue weighted by atomic mass is 10.1. The van der Waals surface area contributed by atoms with Crippen molar-refractivity contribution in [2.24, 2.45) is 0 Å². The summed E-state index contributed by atoms with van der Waals surface area (Å²) in [5, 5.41) is 11.1. The summed E-state index contributed by atoms with van der Waals surface area (Å²) >= 11 is 0. The minimum absolute atomic E-state index is 0.00573. The average Bonchev–Trinajstić information content (AvgIpc) is 2.34. The van der Waals surface area contributed by atoms with Crippen molar-refractivity contribution in [3.8, 4) is 6.07 Å². The number of nitrogens with one attached hydrogen (secondary N) is 1. The Morgan fingerprint density at radius 1 is 1.41 bits per heavy atom. The molecule has 0 aliphatic heterocycles. The minimum atomic E-state index is 0.00573. The van der Waals surface area contributed by atoms with Crippen molar-refractivity contribution < 1.29 is 4.79 Å². The molecule has 0 aliphatic carbocycles. The van der Waals surface area contributed by atoms with Crippen molar-refractivity contribution in [3.63, 3.8) is 0 Å². The van der Waals surface area contributed by atoms with Crippen LogP contribution < -0.4 is 11.1 Å². The van der Waals surface area contributed by atoms with Gasteiger partial charge < -0.3 is 11.1 Å². The molecule has 0 aromatic heterocycles. The smallest absolute Gasteiger partial charge is 0.220 e. The van der Waals surface area contributed by atoms with Gasteiger partial charge in [0.2, 0.25) is 5.91 Å². The second kappa shape index (κ2) is 7.29. The lowest BCUT2D eigenvalue weighted by molar-refractivity contribution is -0.121. The molecule has 90 valence electrons. The zero-order chi connectivity index (χ0) is 12.5. The van der Waals surface area contributed by atoms with Crippen LogP contribution in [0.1, 0.15) is 24.8 Å². The second-order valence-corrected chi connectivity index (χ2v) is 3.81. The molecule has 1 amide bonds. The molecule has 0 spiro atoms.